The van der Waals surface area contributed by atoms with Crippen molar-refractivity contribution in [1.82, 2.24) is 0 Å². The molecular weight excluding hydrogens is 200 g/mol. The highest BCUT2D eigenvalue weighted by atomic mass is 35.5. The van der Waals surface area contributed by atoms with Crippen LogP contribution in [0.15, 0.2) is 12.1 Å². The van der Waals surface area contributed by atoms with Gasteiger partial charge in [0.15, 0.2) is 0 Å². The zero-order valence-corrected chi connectivity index (χ0v) is 8.73. The minimum Gasteiger partial charge on any atom is -0.426 e. The van der Waals surface area contributed by atoms with Crippen molar-refractivity contribution < 1.29 is 9.53 Å². The third kappa shape index (κ3) is 1.75. The van der Waals surface area contributed by atoms with Gasteiger partial charge in [-0.1, -0.05) is 11.6 Å². The molecule has 74 valence electrons. The average molecular weight is 211 g/mol. The molecule has 0 aromatic heterocycles. The summed E-state index contributed by atoms with van der Waals surface area (Å²) < 4.78 is 5.25. The summed E-state index contributed by atoms with van der Waals surface area (Å²) in [6.45, 7) is 1.91. The fraction of sp³-hybridized carbons (Fsp3) is 0.364. The van der Waals surface area contributed by atoms with Crippen LogP contribution in [0.3, 0.4) is 0 Å². The molecule has 0 atom stereocenters. The van der Waals surface area contributed by atoms with Crippen molar-refractivity contribution in [3.8, 4) is 5.75 Å². The molecule has 3 heteroatoms. The van der Waals surface area contributed by atoms with Gasteiger partial charge in [0.25, 0.3) is 0 Å². The Hall–Kier alpha value is -1.02. The summed E-state index contributed by atoms with van der Waals surface area (Å²) in [6.07, 6.45) is 2.19. The second kappa shape index (κ2) is 3.62. The maximum atomic E-state index is 11.2. The monoisotopic (exact) mass is 210 g/mol. The molecule has 0 amide bonds. The number of carbonyl (C=O) groups is 1. The topological polar surface area (TPSA) is 26.3 Å². The lowest BCUT2D eigenvalue weighted by atomic mass is 10.1. The van der Waals surface area contributed by atoms with Gasteiger partial charge in [-0.05, 0) is 43.0 Å². The zero-order chi connectivity index (χ0) is 10.1. The van der Waals surface area contributed by atoms with Gasteiger partial charge in [0.1, 0.15) is 5.75 Å². The van der Waals surface area contributed by atoms with Crippen LogP contribution in [0.1, 0.15) is 24.0 Å². The first-order chi connectivity index (χ1) is 6.66. The Bertz CT molecular complexity index is 385. The van der Waals surface area contributed by atoms with Crippen molar-refractivity contribution >= 4 is 17.6 Å². The molecule has 0 N–H and O–H groups in total. The first-order valence-corrected chi connectivity index (χ1v) is 5.04. The largest absolute Gasteiger partial charge is 0.426 e. The molecule has 0 spiro atoms. The first kappa shape index (κ1) is 9.53. The van der Waals surface area contributed by atoms with Crippen LogP contribution in [0.5, 0.6) is 5.75 Å². The van der Waals surface area contributed by atoms with Crippen LogP contribution < -0.4 is 4.74 Å². The van der Waals surface area contributed by atoms with Crippen molar-refractivity contribution in [3.63, 3.8) is 0 Å². The van der Waals surface area contributed by atoms with Gasteiger partial charge < -0.3 is 4.74 Å². The number of ether oxygens (including phenoxy) is 1. The molecule has 14 heavy (non-hydrogen) atoms. The summed E-state index contributed by atoms with van der Waals surface area (Å²) in [5.41, 5.74) is 1.98. The van der Waals surface area contributed by atoms with E-state index in [0.717, 1.165) is 24.0 Å². The Kier molecular flexibility index (Phi) is 2.46. The van der Waals surface area contributed by atoms with E-state index in [1.54, 1.807) is 0 Å². The van der Waals surface area contributed by atoms with Crippen molar-refractivity contribution in [3.05, 3.63) is 28.3 Å². The first-order valence-electron chi connectivity index (χ1n) is 4.66. The molecule has 0 unspecified atom stereocenters. The molecule has 0 bridgehead atoms. The standard InChI is InChI=1S/C11H11ClO2/c1-7-5-9(12)6-8-3-2-4-10(13)14-11(7)8/h5-6H,2-4H2,1H3. The molecule has 0 saturated carbocycles. The number of benzene rings is 1. The number of rotatable bonds is 0. The Morgan fingerprint density at radius 3 is 2.93 bits per heavy atom. The molecule has 1 aliphatic heterocycles. The van der Waals surface area contributed by atoms with Crippen molar-refractivity contribution in [1.29, 1.82) is 0 Å². The molecule has 0 saturated heterocycles. The fourth-order valence-electron chi connectivity index (χ4n) is 1.72. The smallest absolute Gasteiger partial charge is 0.311 e. The predicted octanol–water partition coefficient (Wildman–Crippen LogP) is 2.89. The summed E-state index contributed by atoms with van der Waals surface area (Å²) in [6, 6.07) is 3.70. The predicted molar refractivity (Wildman–Crippen MR) is 54.8 cm³/mol. The second-order valence-electron chi connectivity index (χ2n) is 3.54. The van der Waals surface area contributed by atoms with Gasteiger partial charge in [0.05, 0.1) is 0 Å². The SMILES string of the molecule is Cc1cc(Cl)cc2c1OC(=O)CCC2. The molecule has 1 aliphatic rings. The fourth-order valence-corrected chi connectivity index (χ4v) is 2.01. The van der Waals surface area contributed by atoms with Gasteiger partial charge in [-0.2, -0.15) is 0 Å². The van der Waals surface area contributed by atoms with E-state index in [1.165, 1.54) is 0 Å². The Labute approximate surface area is 87.8 Å². The number of aryl methyl sites for hydroxylation is 2. The normalized spacial score (nSPS) is 15.7. The zero-order valence-electron chi connectivity index (χ0n) is 7.97. The van der Waals surface area contributed by atoms with E-state index in [9.17, 15) is 4.79 Å². The lowest BCUT2D eigenvalue weighted by Crippen LogP contribution is -2.06. The maximum Gasteiger partial charge on any atom is 0.311 e. The molecule has 0 radical (unpaired) electrons. The lowest BCUT2D eigenvalue weighted by molar-refractivity contribution is -0.134. The Balaban J connectivity index is 2.50. The van der Waals surface area contributed by atoms with E-state index < -0.39 is 0 Å². The summed E-state index contributed by atoms with van der Waals surface area (Å²) in [5, 5.41) is 0.708. The molecule has 1 aromatic carbocycles. The lowest BCUT2D eigenvalue weighted by Gasteiger charge is -2.09. The van der Waals surface area contributed by atoms with Gasteiger partial charge in [-0.25, -0.2) is 0 Å². The maximum absolute atomic E-state index is 11.2. The van der Waals surface area contributed by atoms with E-state index in [-0.39, 0.29) is 5.97 Å². The summed E-state index contributed by atoms with van der Waals surface area (Å²) in [4.78, 5) is 11.2. The van der Waals surface area contributed by atoms with Crippen LogP contribution >= 0.6 is 11.6 Å². The quantitative estimate of drug-likeness (QED) is 0.486. The van der Waals surface area contributed by atoms with Crippen LogP contribution in [-0.2, 0) is 11.2 Å². The van der Waals surface area contributed by atoms with Crippen molar-refractivity contribution in [2.45, 2.75) is 26.2 Å². The molecule has 1 heterocycles. The third-order valence-electron chi connectivity index (χ3n) is 2.36. The third-order valence-corrected chi connectivity index (χ3v) is 2.58. The summed E-state index contributed by atoms with van der Waals surface area (Å²) >= 11 is 5.93. The minimum atomic E-state index is -0.144. The highest BCUT2D eigenvalue weighted by molar-refractivity contribution is 6.30. The van der Waals surface area contributed by atoms with E-state index in [4.69, 9.17) is 16.3 Å². The van der Waals surface area contributed by atoms with Crippen LogP contribution in [0.4, 0.5) is 0 Å². The van der Waals surface area contributed by atoms with Crippen LogP contribution in [0.25, 0.3) is 0 Å². The molecule has 2 nitrogen and oxygen atoms in total. The van der Waals surface area contributed by atoms with Crippen LogP contribution in [-0.4, -0.2) is 5.97 Å². The van der Waals surface area contributed by atoms with Crippen LogP contribution in [0.2, 0.25) is 5.02 Å². The van der Waals surface area contributed by atoms with E-state index in [0.29, 0.717) is 17.2 Å². The van der Waals surface area contributed by atoms with Gasteiger partial charge in [-0.15, -0.1) is 0 Å². The molecule has 0 fully saturated rings. The van der Waals surface area contributed by atoms with Crippen LogP contribution in [0, 0.1) is 6.92 Å². The van der Waals surface area contributed by atoms with E-state index in [1.807, 2.05) is 19.1 Å². The van der Waals surface area contributed by atoms with Gasteiger partial charge in [0.2, 0.25) is 0 Å². The second-order valence-corrected chi connectivity index (χ2v) is 3.97. The van der Waals surface area contributed by atoms with Crippen molar-refractivity contribution in [2.75, 3.05) is 0 Å². The number of halogens is 1. The molecule has 1 aromatic rings. The number of hydrogen-bond donors (Lipinski definition) is 0. The minimum absolute atomic E-state index is 0.144. The number of fused-ring (bicyclic) bond motifs is 1. The Morgan fingerprint density at radius 1 is 1.36 bits per heavy atom. The molecule has 2 rings (SSSR count). The highest BCUT2D eigenvalue weighted by Gasteiger charge is 2.17. The molecular formula is C11H11ClO2. The van der Waals surface area contributed by atoms with Gasteiger partial charge >= 0.3 is 5.97 Å². The molecule has 0 aliphatic carbocycles. The number of esters is 1. The number of hydrogen-bond acceptors (Lipinski definition) is 2. The van der Waals surface area contributed by atoms with Crippen molar-refractivity contribution in [2.24, 2.45) is 0 Å². The Morgan fingerprint density at radius 2 is 2.14 bits per heavy atom. The summed E-state index contributed by atoms with van der Waals surface area (Å²) in [5.74, 6) is 0.561. The highest BCUT2D eigenvalue weighted by Crippen LogP contribution is 2.31. The van der Waals surface area contributed by atoms with Gasteiger partial charge in [0, 0.05) is 11.4 Å². The van der Waals surface area contributed by atoms with E-state index in [2.05, 4.69) is 0 Å². The summed E-state index contributed by atoms with van der Waals surface area (Å²) in [7, 11) is 0. The van der Waals surface area contributed by atoms with E-state index >= 15 is 0 Å². The van der Waals surface area contributed by atoms with Gasteiger partial charge in [-0.3, -0.25) is 4.79 Å². The number of carbonyl (C=O) groups excluding carboxylic acids is 1. The average Bonchev–Trinajstić information content (AvgIpc) is 2.27.